The molecule has 0 aliphatic carbocycles. The van der Waals surface area contributed by atoms with E-state index in [0.29, 0.717) is 18.2 Å². The molecule has 2 atom stereocenters. The van der Waals surface area contributed by atoms with Crippen molar-refractivity contribution >= 4 is 11.5 Å². The highest BCUT2D eigenvalue weighted by Crippen LogP contribution is 2.28. The monoisotopic (exact) mass is 276 g/mol. The van der Waals surface area contributed by atoms with E-state index < -0.39 is 0 Å². The number of anilines is 1. The number of hydrogen-bond acceptors (Lipinski definition) is 5. The van der Waals surface area contributed by atoms with Crippen LogP contribution < -0.4 is 16.3 Å². The van der Waals surface area contributed by atoms with E-state index in [-0.39, 0.29) is 5.69 Å². The van der Waals surface area contributed by atoms with E-state index in [9.17, 15) is 4.79 Å². The molecule has 1 aliphatic heterocycles. The molecule has 1 saturated heterocycles. The lowest BCUT2D eigenvalue weighted by Crippen LogP contribution is -2.47. The van der Waals surface area contributed by atoms with Crippen molar-refractivity contribution in [2.75, 3.05) is 18.0 Å². The van der Waals surface area contributed by atoms with Crippen LogP contribution in [0, 0.1) is 5.92 Å². The van der Waals surface area contributed by atoms with Gasteiger partial charge in [-0.3, -0.25) is 0 Å². The summed E-state index contributed by atoms with van der Waals surface area (Å²) in [5, 5.41) is 10.7. The molecule has 7 heteroatoms. The second kappa shape index (κ2) is 5.24. The summed E-state index contributed by atoms with van der Waals surface area (Å²) in [7, 11) is 0. The highest BCUT2D eigenvalue weighted by Gasteiger charge is 2.27. The zero-order valence-corrected chi connectivity index (χ0v) is 11.6. The average molecular weight is 276 g/mol. The van der Waals surface area contributed by atoms with Crippen molar-refractivity contribution in [3.63, 3.8) is 0 Å². The summed E-state index contributed by atoms with van der Waals surface area (Å²) in [4.78, 5) is 13.8. The second-order valence-corrected chi connectivity index (χ2v) is 5.37. The number of rotatable bonds is 3. The Balaban J connectivity index is 1.93. The summed E-state index contributed by atoms with van der Waals surface area (Å²) in [6, 6.07) is 4.01. The van der Waals surface area contributed by atoms with Crippen LogP contribution in [0.1, 0.15) is 26.2 Å². The van der Waals surface area contributed by atoms with Gasteiger partial charge in [-0.25, -0.2) is 9.89 Å². The van der Waals surface area contributed by atoms with Crippen molar-refractivity contribution in [3.05, 3.63) is 22.6 Å². The van der Waals surface area contributed by atoms with Crippen LogP contribution in [0.25, 0.3) is 5.65 Å². The Morgan fingerprint density at radius 3 is 3.10 bits per heavy atom. The fourth-order valence-corrected chi connectivity index (χ4v) is 2.98. The predicted molar refractivity (Wildman–Crippen MR) is 76.8 cm³/mol. The van der Waals surface area contributed by atoms with Gasteiger partial charge in [0.05, 0.1) is 0 Å². The molecule has 1 aliphatic rings. The molecular formula is C13H20N6O. The van der Waals surface area contributed by atoms with Crippen LogP contribution in [-0.4, -0.2) is 38.9 Å². The fraction of sp³-hybridized carbons (Fsp3) is 0.615. The van der Waals surface area contributed by atoms with Gasteiger partial charge in [-0.05, 0) is 30.9 Å². The number of piperidine rings is 1. The van der Waals surface area contributed by atoms with E-state index in [0.717, 1.165) is 31.1 Å². The number of fused-ring (bicyclic) bond motifs is 1. The first kappa shape index (κ1) is 13.1. The normalized spacial score (nSPS) is 23.4. The van der Waals surface area contributed by atoms with Crippen molar-refractivity contribution in [1.29, 1.82) is 0 Å². The number of nitrogens with zero attached hydrogens (tertiary/aromatic N) is 4. The van der Waals surface area contributed by atoms with Gasteiger partial charge in [0.1, 0.15) is 5.82 Å². The third-order valence-electron chi connectivity index (χ3n) is 4.23. The number of nitrogens with one attached hydrogen (secondary N) is 1. The first-order valence-corrected chi connectivity index (χ1v) is 7.14. The molecule has 3 heterocycles. The first-order valence-electron chi connectivity index (χ1n) is 7.14. The number of aromatic nitrogens is 4. The molecule has 0 aromatic carbocycles. The fourth-order valence-electron chi connectivity index (χ4n) is 2.98. The zero-order chi connectivity index (χ0) is 14.1. The Kier molecular flexibility index (Phi) is 3.43. The van der Waals surface area contributed by atoms with Gasteiger partial charge in [0, 0.05) is 19.1 Å². The number of hydrogen-bond donors (Lipinski definition) is 2. The highest BCUT2D eigenvalue weighted by molar-refractivity contribution is 5.46. The van der Waals surface area contributed by atoms with Gasteiger partial charge < -0.3 is 10.6 Å². The molecule has 2 aromatic rings. The Morgan fingerprint density at radius 2 is 2.35 bits per heavy atom. The van der Waals surface area contributed by atoms with E-state index in [1.165, 1.54) is 10.9 Å². The van der Waals surface area contributed by atoms with Crippen molar-refractivity contribution in [2.45, 2.75) is 32.2 Å². The summed E-state index contributed by atoms with van der Waals surface area (Å²) in [6.07, 6.45) is 3.43. The van der Waals surface area contributed by atoms with E-state index >= 15 is 0 Å². The standard InChI is InChI=1S/C13H20N6O/c1-2-9-5-6-18(10(7-9)8-14)12-4-3-11-15-16-13(20)19(11)17-12/h3-4,9-10H,2,5-8,14H2,1H3,(H,16,20). The molecule has 2 aromatic heterocycles. The maximum Gasteiger partial charge on any atom is 0.364 e. The molecule has 3 rings (SSSR count). The zero-order valence-electron chi connectivity index (χ0n) is 11.6. The minimum absolute atomic E-state index is 0.293. The number of aromatic amines is 1. The van der Waals surface area contributed by atoms with Gasteiger partial charge in [0.15, 0.2) is 5.65 Å². The third kappa shape index (κ3) is 2.18. The molecule has 0 amide bonds. The number of nitrogens with two attached hydrogens (primary N) is 1. The SMILES string of the molecule is CCC1CCN(c2ccc3n[nH]c(=O)n3n2)C(CN)C1. The van der Waals surface area contributed by atoms with Gasteiger partial charge in [-0.1, -0.05) is 13.3 Å². The first-order chi connectivity index (χ1) is 9.72. The van der Waals surface area contributed by atoms with Crippen LogP contribution in [0.4, 0.5) is 5.82 Å². The average Bonchev–Trinajstić information content (AvgIpc) is 2.87. The lowest BCUT2D eigenvalue weighted by molar-refractivity contribution is 0.333. The third-order valence-corrected chi connectivity index (χ3v) is 4.23. The van der Waals surface area contributed by atoms with Crippen molar-refractivity contribution in [1.82, 2.24) is 19.8 Å². The summed E-state index contributed by atoms with van der Waals surface area (Å²) in [5.41, 5.74) is 6.14. The highest BCUT2D eigenvalue weighted by atomic mass is 16.2. The van der Waals surface area contributed by atoms with Crippen LogP contribution in [0.5, 0.6) is 0 Å². The van der Waals surface area contributed by atoms with Crippen molar-refractivity contribution in [3.8, 4) is 0 Å². The van der Waals surface area contributed by atoms with E-state index in [2.05, 4.69) is 27.1 Å². The smallest absolute Gasteiger partial charge is 0.351 e. The molecule has 0 radical (unpaired) electrons. The summed E-state index contributed by atoms with van der Waals surface area (Å²) in [6.45, 7) is 3.77. The maximum atomic E-state index is 11.6. The largest absolute Gasteiger partial charge is 0.364 e. The molecule has 0 spiro atoms. The predicted octanol–water partition coefficient (Wildman–Crippen LogP) is 0.371. The molecular weight excluding hydrogens is 256 g/mol. The number of H-pyrrole nitrogens is 1. The van der Waals surface area contributed by atoms with Crippen LogP contribution in [-0.2, 0) is 0 Å². The Morgan fingerprint density at radius 1 is 1.50 bits per heavy atom. The quantitative estimate of drug-likeness (QED) is 0.845. The van der Waals surface area contributed by atoms with Gasteiger partial charge in [-0.2, -0.15) is 9.61 Å². The molecule has 7 nitrogen and oxygen atoms in total. The van der Waals surface area contributed by atoms with Gasteiger partial charge in [0.2, 0.25) is 0 Å². The molecule has 3 N–H and O–H groups in total. The lowest BCUT2D eigenvalue weighted by Gasteiger charge is -2.39. The summed E-state index contributed by atoms with van der Waals surface area (Å²) >= 11 is 0. The summed E-state index contributed by atoms with van der Waals surface area (Å²) in [5.74, 6) is 1.53. The van der Waals surface area contributed by atoms with Crippen LogP contribution in [0.15, 0.2) is 16.9 Å². The maximum absolute atomic E-state index is 11.6. The van der Waals surface area contributed by atoms with Crippen LogP contribution >= 0.6 is 0 Å². The second-order valence-electron chi connectivity index (χ2n) is 5.37. The topological polar surface area (TPSA) is 92.3 Å². The molecule has 0 bridgehead atoms. The van der Waals surface area contributed by atoms with Crippen molar-refractivity contribution in [2.24, 2.45) is 11.7 Å². The summed E-state index contributed by atoms with van der Waals surface area (Å²) < 4.78 is 1.30. The van der Waals surface area contributed by atoms with Crippen LogP contribution in [0.2, 0.25) is 0 Å². The van der Waals surface area contributed by atoms with E-state index in [1.54, 1.807) is 6.07 Å². The minimum atomic E-state index is -0.311. The Bertz CT molecular complexity index is 648. The van der Waals surface area contributed by atoms with E-state index in [1.807, 2.05) is 6.07 Å². The van der Waals surface area contributed by atoms with Gasteiger partial charge in [-0.15, -0.1) is 5.10 Å². The van der Waals surface area contributed by atoms with E-state index in [4.69, 9.17) is 5.73 Å². The Labute approximate surface area is 116 Å². The molecule has 20 heavy (non-hydrogen) atoms. The molecule has 0 saturated carbocycles. The van der Waals surface area contributed by atoms with Crippen molar-refractivity contribution < 1.29 is 0 Å². The van der Waals surface area contributed by atoms with Gasteiger partial charge in [0.25, 0.3) is 0 Å². The van der Waals surface area contributed by atoms with Crippen LogP contribution in [0.3, 0.4) is 0 Å². The molecule has 1 fully saturated rings. The lowest BCUT2D eigenvalue weighted by atomic mass is 9.89. The Hall–Kier alpha value is -1.89. The van der Waals surface area contributed by atoms with Gasteiger partial charge >= 0.3 is 5.69 Å². The minimum Gasteiger partial charge on any atom is -0.351 e. The molecule has 2 unspecified atom stereocenters. The molecule has 108 valence electrons.